The average molecular weight is 453 g/mol. The zero-order valence-corrected chi connectivity index (χ0v) is 16.7. The van der Waals surface area contributed by atoms with Gasteiger partial charge < -0.3 is 26.5 Å². The van der Waals surface area contributed by atoms with Gasteiger partial charge in [-0.15, -0.1) is 0 Å². The molecule has 0 unspecified atom stereocenters. The van der Waals surface area contributed by atoms with Gasteiger partial charge in [-0.2, -0.15) is 0 Å². The van der Waals surface area contributed by atoms with Gasteiger partial charge in [-0.05, 0) is 42.5 Å². The maximum absolute atomic E-state index is 12.7. The number of anilines is 4. The predicted molar refractivity (Wildman–Crippen MR) is 116 cm³/mol. The summed E-state index contributed by atoms with van der Waals surface area (Å²) in [5.74, 6) is 0.0399. The van der Waals surface area contributed by atoms with Crippen molar-refractivity contribution < 1.29 is 9.21 Å². The van der Waals surface area contributed by atoms with Crippen LogP contribution in [0, 0.1) is 0 Å². The van der Waals surface area contributed by atoms with Gasteiger partial charge in [-0.25, -0.2) is 4.98 Å². The molecule has 8 nitrogen and oxygen atoms in total. The predicted octanol–water partition coefficient (Wildman–Crippen LogP) is 4.01. The molecule has 0 bridgehead atoms. The van der Waals surface area contributed by atoms with Crippen molar-refractivity contribution in [2.75, 3.05) is 22.1 Å². The second-order valence-corrected chi connectivity index (χ2v) is 7.18. The Morgan fingerprint density at radius 2 is 1.97 bits per heavy atom. The van der Waals surface area contributed by atoms with E-state index in [2.05, 4.69) is 36.5 Å². The van der Waals surface area contributed by atoms with E-state index >= 15 is 0 Å². The summed E-state index contributed by atoms with van der Waals surface area (Å²) in [4.78, 5) is 21.0. The van der Waals surface area contributed by atoms with Crippen molar-refractivity contribution in [2.45, 2.75) is 6.54 Å². The van der Waals surface area contributed by atoms with E-state index < -0.39 is 5.91 Å². The lowest BCUT2D eigenvalue weighted by Gasteiger charge is -2.09. The molecule has 29 heavy (non-hydrogen) atoms. The molecule has 0 aliphatic carbocycles. The van der Waals surface area contributed by atoms with Crippen LogP contribution in [0.1, 0.15) is 16.2 Å². The highest BCUT2D eigenvalue weighted by molar-refractivity contribution is 9.10. The van der Waals surface area contributed by atoms with Crippen LogP contribution in [0.15, 0.2) is 63.7 Å². The molecule has 0 saturated heterocycles. The second-order valence-electron chi connectivity index (χ2n) is 6.27. The molecule has 0 fully saturated rings. The Morgan fingerprint density at radius 1 is 1.10 bits per heavy atom. The molecule has 4 rings (SSSR count). The van der Waals surface area contributed by atoms with E-state index in [1.54, 1.807) is 36.7 Å². The molecule has 4 aromatic rings. The Labute approximate surface area is 174 Å². The standard InChI is InChI=1S/C20H17BrN6O2/c21-11-3-4-16-14(8-11)17(22)18(29-16)20(28)27-12-5-7-24-13(9-12)10-26-15-2-1-6-25-19(15)23/h1-9,26H,10,22H2,(H2,23,25)(H,24,27,28). The number of aromatic nitrogens is 2. The molecule has 0 spiro atoms. The minimum Gasteiger partial charge on any atom is -0.449 e. The quantitative estimate of drug-likeness (QED) is 0.359. The molecule has 0 aliphatic heterocycles. The van der Waals surface area contributed by atoms with Crippen LogP contribution >= 0.6 is 15.9 Å². The number of pyridine rings is 2. The van der Waals surface area contributed by atoms with Gasteiger partial charge in [0, 0.05) is 27.9 Å². The van der Waals surface area contributed by atoms with E-state index in [9.17, 15) is 4.79 Å². The number of carbonyl (C=O) groups excluding carboxylic acids is 1. The van der Waals surface area contributed by atoms with Gasteiger partial charge in [-0.1, -0.05) is 15.9 Å². The van der Waals surface area contributed by atoms with Crippen LogP contribution in [0.3, 0.4) is 0 Å². The highest BCUT2D eigenvalue weighted by Crippen LogP contribution is 2.31. The first-order chi connectivity index (χ1) is 14.0. The van der Waals surface area contributed by atoms with E-state index in [4.69, 9.17) is 15.9 Å². The Balaban J connectivity index is 1.50. The van der Waals surface area contributed by atoms with Gasteiger partial charge in [0.2, 0.25) is 5.76 Å². The fraction of sp³-hybridized carbons (Fsp3) is 0.0500. The van der Waals surface area contributed by atoms with Crippen molar-refractivity contribution in [1.29, 1.82) is 0 Å². The fourth-order valence-electron chi connectivity index (χ4n) is 2.85. The first-order valence-corrected chi connectivity index (χ1v) is 9.49. The molecule has 6 N–H and O–H groups in total. The van der Waals surface area contributed by atoms with Gasteiger partial charge in [0.05, 0.1) is 23.6 Å². The Hall–Kier alpha value is -3.59. The van der Waals surface area contributed by atoms with Crippen LogP contribution in [0.25, 0.3) is 11.0 Å². The SMILES string of the molecule is Nc1ncccc1NCc1cc(NC(=O)c2oc3ccc(Br)cc3c2N)ccn1. The van der Waals surface area contributed by atoms with Gasteiger partial charge in [-0.3, -0.25) is 9.78 Å². The van der Waals surface area contributed by atoms with Crippen molar-refractivity contribution in [3.63, 3.8) is 0 Å². The van der Waals surface area contributed by atoms with Gasteiger partial charge >= 0.3 is 0 Å². The summed E-state index contributed by atoms with van der Waals surface area (Å²) in [5, 5.41) is 6.64. The number of nitrogen functional groups attached to an aromatic ring is 2. The topological polar surface area (TPSA) is 132 Å². The highest BCUT2D eigenvalue weighted by atomic mass is 79.9. The van der Waals surface area contributed by atoms with Gasteiger partial charge in [0.15, 0.2) is 0 Å². The number of nitrogens with one attached hydrogen (secondary N) is 2. The summed E-state index contributed by atoms with van der Waals surface area (Å²) in [6.07, 6.45) is 3.23. The van der Waals surface area contributed by atoms with Crippen molar-refractivity contribution in [3.8, 4) is 0 Å². The summed E-state index contributed by atoms with van der Waals surface area (Å²) in [6, 6.07) is 12.5. The number of hydrogen-bond donors (Lipinski definition) is 4. The largest absolute Gasteiger partial charge is 0.449 e. The third-order valence-electron chi connectivity index (χ3n) is 4.27. The van der Waals surface area contributed by atoms with Crippen LogP contribution in [0.4, 0.5) is 22.9 Å². The molecular formula is C20H17BrN6O2. The molecule has 0 aliphatic rings. The van der Waals surface area contributed by atoms with Crippen molar-refractivity contribution in [3.05, 3.63) is 70.8 Å². The summed E-state index contributed by atoms with van der Waals surface area (Å²) >= 11 is 3.39. The number of hydrogen-bond acceptors (Lipinski definition) is 7. The highest BCUT2D eigenvalue weighted by Gasteiger charge is 2.19. The molecule has 3 aromatic heterocycles. The van der Waals surface area contributed by atoms with E-state index in [0.717, 1.165) is 4.47 Å². The van der Waals surface area contributed by atoms with Crippen LogP contribution < -0.4 is 22.1 Å². The summed E-state index contributed by atoms with van der Waals surface area (Å²) < 4.78 is 6.48. The number of rotatable bonds is 5. The Kier molecular flexibility index (Phi) is 5.05. The van der Waals surface area contributed by atoms with Crippen LogP contribution in [-0.2, 0) is 6.54 Å². The lowest BCUT2D eigenvalue weighted by Crippen LogP contribution is -2.13. The number of amides is 1. The molecule has 0 radical (unpaired) electrons. The van der Waals surface area contributed by atoms with Crippen molar-refractivity contribution in [2.24, 2.45) is 0 Å². The third-order valence-corrected chi connectivity index (χ3v) is 4.76. The molecule has 0 atom stereocenters. The minimum absolute atomic E-state index is 0.0673. The molecule has 146 valence electrons. The van der Waals surface area contributed by atoms with E-state index in [1.807, 2.05) is 18.2 Å². The second kappa shape index (κ2) is 7.80. The summed E-state index contributed by atoms with van der Waals surface area (Å²) in [7, 11) is 0. The van der Waals surface area contributed by atoms with Gasteiger partial charge in [0.25, 0.3) is 5.91 Å². The number of nitrogens with zero attached hydrogens (tertiary/aromatic N) is 2. The molecule has 1 amide bonds. The van der Waals surface area contributed by atoms with Crippen LogP contribution in [0.5, 0.6) is 0 Å². The van der Waals surface area contributed by atoms with Crippen molar-refractivity contribution in [1.82, 2.24) is 9.97 Å². The fourth-order valence-corrected chi connectivity index (χ4v) is 3.21. The van der Waals surface area contributed by atoms with Crippen LogP contribution in [-0.4, -0.2) is 15.9 Å². The molecular weight excluding hydrogens is 436 g/mol. The number of carbonyl (C=O) groups is 1. The third kappa shape index (κ3) is 3.99. The smallest absolute Gasteiger partial charge is 0.293 e. The lowest BCUT2D eigenvalue weighted by atomic mass is 10.2. The molecule has 0 saturated carbocycles. The van der Waals surface area contributed by atoms with E-state index in [-0.39, 0.29) is 5.76 Å². The zero-order chi connectivity index (χ0) is 20.4. The Bertz CT molecular complexity index is 1210. The van der Waals surface area contributed by atoms with E-state index in [1.165, 1.54) is 0 Å². The summed E-state index contributed by atoms with van der Waals surface area (Å²) in [6.45, 7) is 0.417. The van der Waals surface area contributed by atoms with Crippen LogP contribution in [0.2, 0.25) is 0 Å². The Morgan fingerprint density at radius 3 is 2.79 bits per heavy atom. The lowest BCUT2D eigenvalue weighted by molar-refractivity contribution is 0.1000. The number of benzene rings is 1. The van der Waals surface area contributed by atoms with Crippen molar-refractivity contribution >= 4 is 55.7 Å². The minimum atomic E-state index is -0.434. The molecule has 3 heterocycles. The molecule has 9 heteroatoms. The molecule has 1 aromatic carbocycles. The normalized spacial score (nSPS) is 10.8. The first kappa shape index (κ1) is 18.8. The number of fused-ring (bicyclic) bond motifs is 1. The zero-order valence-electron chi connectivity index (χ0n) is 15.1. The monoisotopic (exact) mass is 452 g/mol. The maximum atomic E-state index is 12.7. The first-order valence-electron chi connectivity index (χ1n) is 8.69. The number of furan rings is 1. The maximum Gasteiger partial charge on any atom is 0.293 e. The van der Waals surface area contributed by atoms with Gasteiger partial charge in [0.1, 0.15) is 11.4 Å². The number of halogens is 1. The summed E-state index contributed by atoms with van der Waals surface area (Å²) in [5.41, 5.74) is 14.8. The number of nitrogens with two attached hydrogens (primary N) is 2. The van der Waals surface area contributed by atoms with E-state index in [0.29, 0.717) is 46.1 Å². The average Bonchev–Trinajstić information content (AvgIpc) is 3.04.